The van der Waals surface area contributed by atoms with Gasteiger partial charge in [-0.25, -0.2) is 0 Å². The highest BCUT2D eigenvalue weighted by Gasteiger charge is 2.19. The van der Waals surface area contributed by atoms with E-state index in [2.05, 4.69) is 167 Å². The average molecular weight is 1010 g/mol. The lowest BCUT2D eigenvalue weighted by atomic mass is 10.1. The van der Waals surface area contributed by atoms with E-state index in [1.54, 1.807) is 0 Å². The largest absolute Gasteiger partial charge is 0.462 e. The molecule has 0 amide bonds. The van der Waals surface area contributed by atoms with Crippen LogP contribution in [0.25, 0.3) is 0 Å². The number of ether oxygens (including phenoxy) is 3. The van der Waals surface area contributed by atoms with Crippen molar-refractivity contribution >= 4 is 17.9 Å². The average Bonchev–Trinajstić information content (AvgIpc) is 3.39. The van der Waals surface area contributed by atoms with Gasteiger partial charge < -0.3 is 14.2 Å². The topological polar surface area (TPSA) is 78.9 Å². The molecule has 1 atom stereocenters. The Hall–Kier alpha value is -4.71. The monoisotopic (exact) mass is 1010 g/mol. The minimum atomic E-state index is -0.826. The number of esters is 3. The lowest BCUT2D eigenvalue weighted by Crippen LogP contribution is -2.30. The number of hydrogen-bond acceptors (Lipinski definition) is 6. The molecule has 73 heavy (non-hydrogen) atoms. The van der Waals surface area contributed by atoms with Crippen LogP contribution < -0.4 is 0 Å². The molecular formula is C67H106O6. The van der Waals surface area contributed by atoms with Gasteiger partial charge in [0.1, 0.15) is 13.2 Å². The third-order valence-corrected chi connectivity index (χ3v) is 11.8. The van der Waals surface area contributed by atoms with Crippen molar-refractivity contribution in [1.82, 2.24) is 0 Å². The zero-order chi connectivity index (χ0) is 52.9. The van der Waals surface area contributed by atoms with Crippen molar-refractivity contribution in [2.75, 3.05) is 13.2 Å². The minimum Gasteiger partial charge on any atom is -0.462 e. The first-order valence-electron chi connectivity index (χ1n) is 29.3. The summed E-state index contributed by atoms with van der Waals surface area (Å²) in [7, 11) is 0. The van der Waals surface area contributed by atoms with Crippen LogP contribution in [0.1, 0.15) is 239 Å². The summed E-state index contributed by atoms with van der Waals surface area (Å²) in [5.74, 6) is -1.01. The Morgan fingerprint density at radius 1 is 0.288 bits per heavy atom. The summed E-state index contributed by atoms with van der Waals surface area (Å²) < 4.78 is 16.8. The molecule has 0 aliphatic heterocycles. The van der Waals surface area contributed by atoms with E-state index >= 15 is 0 Å². The second-order valence-corrected chi connectivity index (χ2v) is 18.8. The maximum Gasteiger partial charge on any atom is 0.306 e. The normalized spacial score (nSPS) is 13.2. The molecule has 6 nitrogen and oxygen atoms in total. The predicted molar refractivity (Wildman–Crippen MR) is 315 cm³/mol. The molecule has 0 bridgehead atoms. The van der Waals surface area contributed by atoms with Gasteiger partial charge in [-0.05, 0) is 148 Å². The molecule has 0 aromatic heterocycles. The first kappa shape index (κ1) is 68.3. The van der Waals surface area contributed by atoms with Crippen LogP contribution in [0, 0.1) is 0 Å². The zero-order valence-corrected chi connectivity index (χ0v) is 46.8. The Morgan fingerprint density at radius 2 is 0.534 bits per heavy atom. The second kappa shape index (κ2) is 59.8. The summed E-state index contributed by atoms with van der Waals surface area (Å²) in [6.07, 6.45) is 85.4. The van der Waals surface area contributed by atoms with E-state index < -0.39 is 6.10 Å². The number of hydrogen-bond donors (Lipinski definition) is 0. The fourth-order valence-electron chi connectivity index (χ4n) is 7.40. The van der Waals surface area contributed by atoms with Gasteiger partial charge in [-0.15, -0.1) is 0 Å². The van der Waals surface area contributed by atoms with Gasteiger partial charge in [-0.1, -0.05) is 218 Å². The first-order chi connectivity index (χ1) is 36.0. The van der Waals surface area contributed by atoms with Crippen molar-refractivity contribution in [1.29, 1.82) is 0 Å². The molecule has 0 heterocycles. The second-order valence-electron chi connectivity index (χ2n) is 18.8. The Morgan fingerprint density at radius 3 is 0.836 bits per heavy atom. The highest BCUT2D eigenvalue weighted by atomic mass is 16.6. The third-order valence-electron chi connectivity index (χ3n) is 11.8. The van der Waals surface area contributed by atoms with E-state index in [0.717, 1.165) is 141 Å². The van der Waals surface area contributed by atoms with Crippen LogP contribution in [0.15, 0.2) is 146 Å². The van der Waals surface area contributed by atoms with Crippen LogP contribution >= 0.6 is 0 Å². The van der Waals surface area contributed by atoms with E-state index in [1.807, 2.05) is 0 Å². The molecule has 0 spiro atoms. The lowest BCUT2D eigenvalue weighted by Gasteiger charge is -2.18. The summed E-state index contributed by atoms with van der Waals surface area (Å²) in [5, 5.41) is 0. The highest BCUT2D eigenvalue weighted by molar-refractivity contribution is 5.71. The van der Waals surface area contributed by atoms with Crippen LogP contribution in [0.3, 0.4) is 0 Å². The van der Waals surface area contributed by atoms with Gasteiger partial charge in [-0.2, -0.15) is 0 Å². The van der Waals surface area contributed by atoms with Crippen molar-refractivity contribution in [2.24, 2.45) is 0 Å². The molecule has 0 radical (unpaired) electrons. The fraction of sp³-hybridized carbons (Fsp3) is 0.597. The maximum absolute atomic E-state index is 12.9. The fourth-order valence-corrected chi connectivity index (χ4v) is 7.40. The van der Waals surface area contributed by atoms with Gasteiger partial charge in [0.15, 0.2) is 6.10 Å². The SMILES string of the molecule is CC/C=C\C/C=C\C/C=C\C/C=C\C/C=C\CCCCCC(=O)OC[C@@H](COC(=O)CCCCCC/C=C\C/C=C\C/C=C\CCCCC)OC(=O)CCCCC/C=C\C/C=C\C/C=C\C/C=C\CCCCC. The molecule has 0 saturated heterocycles. The Bertz CT molecular complexity index is 1630. The van der Waals surface area contributed by atoms with Crippen LogP contribution in [0.5, 0.6) is 0 Å². The molecular weight excluding hydrogens is 901 g/mol. The summed E-state index contributed by atoms with van der Waals surface area (Å²) >= 11 is 0. The summed E-state index contributed by atoms with van der Waals surface area (Å²) in [5.41, 5.74) is 0. The molecule has 0 fully saturated rings. The van der Waals surface area contributed by atoms with Crippen LogP contribution in [-0.2, 0) is 28.6 Å². The lowest BCUT2D eigenvalue weighted by molar-refractivity contribution is -0.167. The summed E-state index contributed by atoms with van der Waals surface area (Å²) in [6.45, 7) is 6.38. The van der Waals surface area contributed by atoms with Crippen molar-refractivity contribution in [2.45, 2.75) is 245 Å². The number of rotatable bonds is 51. The molecule has 0 aliphatic rings. The molecule has 0 rings (SSSR count). The standard InChI is InChI=1S/C67H106O6/c1-4-7-10-13-16-19-22-25-28-31-33-36-39-42-45-48-51-54-57-60-66(69)72-63-64(62-71-65(68)59-56-53-50-47-44-41-38-35-30-27-24-21-18-15-12-9-6-3)73-67(70)61-58-55-52-49-46-43-40-37-34-32-29-26-23-20-17-14-11-8-5-2/h7,10,16-21,25-30,33-34,36-38,41-43,45-46,64H,4-6,8-9,11-15,22-24,31-32,35,39-40,44,47-63H2,1-3H3/b10-7-,19-16-,20-17-,21-18-,28-25-,29-26-,30-27-,36-33-,37-34-,41-38-,45-42-,46-43-/t64-/m1/s1. The minimum absolute atomic E-state index is 0.119. The Kier molecular flexibility index (Phi) is 56.0. The number of allylic oxidation sites excluding steroid dienone is 24. The van der Waals surface area contributed by atoms with Gasteiger partial charge >= 0.3 is 17.9 Å². The van der Waals surface area contributed by atoms with E-state index in [0.29, 0.717) is 19.3 Å². The smallest absolute Gasteiger partial charge is 0.306 e. The number of carbonyl (C=O) groups excluding carboxylic acids is 3. The van der Waals surface area contributed by atoms with Crippen molar-refractivity contribution in [3.63, 3.8) is 0 Å². The Balaban J connectivity index is 4.59. The predicted octanol–water partition coefficient (Wildman–Crippen LogP) is 20.0. The van der Waals surface area contributed by atoms with E-state index in [4.69, 9.17) is 14.2 Å². The molecule has 0 unspecified atom stereocenters. The van der Waals surface area contributed by atoms with Gasteiger partial charge in [-0.3, -0.25) is 14.4 Å². The highest BCUT2D eigenvalue weighted by Crippen LogP contribution is 2.12. The van der Waals surface area contributed by atoms with Crippen LogP contribution in [0.4, 0.5) is 0 Å². The third kappa shape index (κ3) is 58.1. The van der Waals surface area contributed by atoms with E-state index in [-0.39, 0.29) is 37.5 Å². The zero-order valence-electron chi connectivity index (χ0n) is 46.8. The van der Waals surface area contributed by atoms with Crippen molar-refractivity contribution in [3.8, 4) is 0 Å². The molecule has 0 N–H and O–H groups in total. The molecule has 0 aromatic carbocycles. The van der Waals surface area contributed by atoms with E-state index in [9.17, 15) is 14.4 Å². The number of carbonyl (C=O) groups is 3. The van der Waals surface area contributed by atoms with Crippen LogP contribution in [0.2, 0.25) is 0 Å². The molecule has 0 saturated carbocycles. The molecule has 410 valence electrons. The van der Waals surface area contributed by atoms with Gasteiger partial charge in [0.05, 0.1) is 0 Å². The summed E-state index contributed by atoms with van der Waals surface area (Å²) in [6, 6.07) is 0. The van der Waals surface area contributed by atoms with Crippen LogP contribution in [-0.4, -0.2) is 37.2 Å². The van der Waals surface area contributed by atoms with Gasteiger partial charge in [0.25, 0.3) is 0 Å². The molecule has 0 aromatic rings. The first-order valence-corrected chi connectivity index (χ1v) is 29.3. The van der Waals surface area contributed by atoms with Crippen molar-refractivity contribution in [3.05, 3.63) is 146 Å². The number of unbranched alkanes of at least 4 members (excludes halogenated alkanes) is 16. The van der Waals surface area contributed by atoms with Crippen molar-refractivity contribution < 1.29 is 28.6 Å². The van der Waals surface area contributed by atoms with Gasteiger partial charge in [0.2, 0.25) is 0 Å². The maximum atomic E-state index is 12.9. The van der Waals surface area contributed by atoms with E-state index in [1.165, 1.54) is 51.4 Å². The Labute approximate surface area is 448 Å². The quantitative estimate of drug-likeness (QED) is 0.0261. The summed E-state index contributed by atoms with van der Waals surface area (Å²) in [4.78, 5) is 38.2. The molecule has 6 heteroatoms. The van der Waals surface area contributed by atoms with Gasteiger partial charge in [0, 0.05) is 19.3 Å². The molecule has 0 aliphatic carbocycles.